The molecule has 0 aliphatic carbocycles. The van der Waals surface area contributed by atoms with Gasteiger partial charge in [-0.15, -0.1) is 0 Å². The molecule has 1 fully saturated rings. The predicted molar refractivity (Wildman–Crippen MR) is 108 cm³/mol. The molecule has 0 bridgehead atoms. The van der Waals surface area contributed by atoms with E-state index in [-0.39, 0.29) is 5.91 Å². The van der Waals surface area contributed by atoms with E-state index in [1.54, 1.807) is 12.1 Å². The molecule has 0 saturated carbocycles. The highest BCUT2D eigenvalue weighted by atomic mass is 16.3. The molecule has 1 saturated heterocycles. The van der Waals surface area contributed by atoms with Crippen LogP contribution < -0.4 is 5.43 Å². The lowest BCUT2D eigenvalue weighted by Crippen LogP contribution is -2.29. The Bertz CT molecular complexity index is 839. The lowest BCUT2D eigenvalue weighted by atomic mass is 10.0. The van der Waals surface area contributed by atoms with Crippen molar-refractivity contribution in [1.29, 1.82) is 0 Å². The van der Waals surface area contributed by atoms with E-state index in [1.165, 1.54) is 19.3 Å². The fraction of sp³-hybridized carbons (Fsp3) is 0.364. The molecular weight excluding hydrogens is 338 g/mol. The lowest BCUT2D eigenvalue weighted by Gasteiger charge is -2.26. The van der Waals surface area contributed by atoms with E-state index in [0.29, 0.717) is 17.0 Å². The van der Waals surface area contributed by atoms with Crippen LogP contribution in [0.25, 0.3) is 0 Å². The molecule has 3 rings (SSSR count). The number of likely N-dealkylation sites (tertiary alicyclic amines) is 1. The van der Waals surface area contributed by atoms with Crippen LogP contribution in [0.15, 0.2) is 47.6 Å². The highest BCUT2D eigenvalue weighted by Crippen LogP contribution is 2.22. The molecule has 2 aromatic rings. The molecule has 5 nitrogen and oxygen atoms in total. The van der Waals surface area contributed by atoms with Crippen LogP contribution in [-0.2, 0) is 6.54 Å². The number of amides is 1. The van der Waals surface area contributed by atoms with Crippen LogP contribution >= 0.6 is 0 Å². The fourth-order valence-corrected chi connectivity index (χ4v) is 3.38. The van der Waals surface area contributed by atoms with Crippen molar-refractivity contribution in [3.63, 3.8) is 0 Å². The minimum absolute atomic E-state index is 0.222. The molecule has 27 heavy (non-hydrogen) atoms. The molecule has 142 valence electrons. The molecule has 5 heteroatoms. The number of hydrogen-bond acceptors (Lipinski definition) is 4. The normalized spacial score (nSPS) is 15.6. The van der Waals surface area contributed by atoms with Crippen LogP contribution in [0.5, 0.6) is 5.75 Å². The molecule has 0 radical (unpaired) electrons. The molecule has 1 aliphatic heterocycles. The first kappa shape index (κ1) is 19.1. The second-order valence-corrected chi connectivity index (χ2v) is 7.13. The number of carbonyl (C=O) groups is 1. The first-order chi connectivity index (χ1) is 13.0. The van der Waals surface area contributed by atoms with Crippen LogP contribution in [0.2, 0.25) is 0 Å². The number of nitrogens with zero attached hydrogens (tertiary/aromatic N) is 2. The Hall–Kier alpha value is -2.66. The molecule has 1 heterocycles. The van der Waals surface area contributed by atoms with E-state index in [0.717, 1.165) is 36.3 Å². The third-order valence-electron chi connectivity index (χ3n) is 5.05. The Morgan fingerprint density at radius 3 is 2.63 bits per heavy atom. The molecule has 0 unspecified atom stereocenters. The van der Waals surface area contributed by atoms with Crippen LogP contribution in [0.1, 0.15) is 53.2 Å². The van der Waals surface area contributed by atoms with Gasteiger partial charge in [-0.3, -0.25) is 9.69 Å². The third-order valence-corrected chi connectivity index (χ3v) is 5.05. The quantitative estimate of drug-likeness (QED) is 0.625. The van der Waals surface area contributed by atoms with Gasteiger partial charge < -0.3 is 5.11 Å². The Morgan fingerprint density at radius 2 is 1.89 bits per heavy atom. The van der Waals surface area contributed by atoms with E-state index in [1.807, 2.05) is 44.2 Å². The first-order valence-corrected chi connectivity index (χ1v) is 9.49. The van der Waals surface area contributed by atoms with E-state index < -0.39 is 0 Å². The minimum atomic E-state index is -0.222. The van der Waals surface area contributed by atoms with Gasteiger partial charge in [-0.25, -0.2) is 5.43 Å². The number of nitrogens with one attached hydrogen (secondary N) is 1. The van der Waals surface area contributed by atoms with Crippen molar-refractivity contribution in [3.8, 4) is 5.75 Å². The topological polar surface area (TPSA) is 64.9 Å². The summed E-state index contributed by atoms with van der Waals surface area (Å²) in [7, 11) is 0. The maximum absolute atomic E-state index is 12.3. The van der Waals surface area contributed by atoms with Crippen molar-refractivity contribution in [2.24, 2.45) is 5.10 Å². The van der Waals surface area contributed by atoms with E-state index in [9.17, 15) is 9.90 Å². The smallest absolute Gasteiger partial charge is 0.271 e. The van der Waals surface area contributed by atoms with Gasteiger partial charge in [0.05, 0.1) is 5.71 Å². The van der Waals surface area contributed by atoms with Crippen LogP contribution in [0.4, 0.5) is 0 Å². The van der Waals surface area contributed by atoms with Crippen LogP contribution in [0.3, 0.4) is 0 Å². The van der Waals surface area contributed by atoms with E-state index in [4.69, 9.17) is 0 Å². The molecular formula is C22H27N3O2. The number of piperidine rings is 1. The monoisotopic (exact) mass is 365 g/mol. The van der Waals surface area contributed by atoms with Crippen LogP contribution in [-0.4, -0.2) is 34.7 Å². The van der Waals surface area contributed by atoms with Gasteiger partial charge in [-0.05, 0) is 75.2 Å². The van der Waals surface area contributed by atoms with Gasteiger partial charge in [0.25, 0.3) is 5.91 Å². The largest absolute Gasteiger partial charge is 0.508 e. The Kier molecular flexibility index (Phi) is 6.24. The number of hydrogen-bond donors (Lipinski definition) is 2. The minimum Gasteiger partial charge on any atom is -0.508 e. The summed E-state index contributed by atoms with van der Waals surface area (Å²) < 4.78 is 0. The average molecular weight is 365 g/mol. The average Bonchev–Trinajstić information content (AvgIpc) is 2.68. The number of benzene rings is 2. The SMILES string of the molecule is C/C(=N\NC(=O)c1ccccc1C)c1ccc(O)c(CN2CCCCC2)c1. The van der Waals surface area contributed by atoms with Gasteiger partial charge in [0.1, 0.15) is 5.75 Å². The van der Waals surface area contributed by atoms with Crippen molar-refractivity contribution in [1.82, 2.24) is 10.3 Å². The zero-order valence-electron chi connectivity index (χ0n) is 16.0. The fourth-order valence-electron chi connectivity index (χ4n) is 3.38. The zero-order chi connectivity index (χ0) is 19.2. The number of carbonyl (C=O) groups excluding carboxylic acids is 1. The van der Waals surface area contributed by atoms with Gasteiger partial charge in [0.15, 0.2) is 0 Å². The maximum Gasteiger partial charge on any atom is 0.271 e. The van der Waals surface area contributed by atoms with Gasteiger partial charge in [0, 0.05) is 17.7 Å². The predicted octanol–water partition coefficient (Wildman–Crippen LogP) is 3.84. The molecule has 0 aromatic heterocycles. The van der Waals surface area contributed by atoms with Crippen LogP contribution in [0, 0.1) is 6.92 Å². The van der Waals surface area contributed by atoms with Crippen molar-refractivity contribution >= 4 is 11.6 Å². The first-order valence-electron chi connectivity index (χ1n) is 9.49. The number of aromatic hydroxyl groups is 1. The van der Waals surface area contributed by atoms with E-state index >= 15 is 0 Å². The molecule has 0 spiro atoms. The van der Waals surface area contributed by atoms with Crippen molar-refractivity contribution in [2.75, 3.05) is 13.1 Å². The zero-order valence-corrected chi connectivity index (χ0v) is 16.0. The summed E-state index contributed by atoms with van der Waals surface area (Å²) in [6, 6.07) is 12.9. The van der Waals surface area contributed by atoms with Crippen molar-refractivity contribution < 1.29 is 9.90 Å². The Balaban J connectivity index is 1.71. The van der Waals surface area contributed by atoms with Crippen molar-refractivity contribution in [3.05, 3.63) is 64.7 Å². The number of rotatable bonds is 5. The molecule has 2 aromatic carbocycles. The highest BCUT2D eigenvalue weighted by Gasteiger charge is 2.14. The maximum atomic E-state index is 12.3. The number of phenols is 1. The van der Waals surface area contributed by atoms with Crippen molar-refractivity contribution in [2.45, 2.75) is 39.7 Å². The number of hydrazone groups is 1. The second kappa shape index (κ2) is 8.82. The summed E-state index contributed by atoms with van der Waals surface area (Å²) in [4.78, 5) is 14.7. The summed E-state index contributed by atoms with van der Waals surface area (Å²) in [5.74, 6) is 0.0841. The van der Waals surface area contributed by atoms with E-state index in [2.05, 4.69) is 15.4 Å². The number of aryl methyl sites for hydroxylation is 1. The summed E-state index contributed by atoms with van der Waals surface area (Å²) in [5.41, 5.74) is 6.66. The molecule has 2 N–H and O–H groups in total. The molecule has 1 aliphatic rings. The van der Waals surface area contributed by atoms with Gasteiger partial charge >= 0.3 is 0 Å². The van der Waals surface area contributed by atoms with Gasteiger partial charge in [-0.1, -0.05) is 24.6 Å². The Labute approximate surface area is 160 Å². The lowest BCUT2D eigenvalue weighted by molar-refractivity contribution is 0.0954. The van der Waals surface area contributed by atoms with Gasteiger partial charge in [-0.2, -0.15) is 5.10 Å². The Morgan fingerprint density at radius 1 is 1.15 bits per heavy atom. The summed E-state index contributed by atoms with van der Waals surface area (Å²) in [6.45, 7) is 6.64. The third kappa shape index (κ3) is 4.95. The number of phenolic OH excluding ortho intramolecular Hbond substituents is 1. The summed E-state index contributed by atoms with van der Waals surface area (Å²) in [6.07, 6.45) is 3.71. The highest BCUT2D eigenvalue weighted by molar-refractivity contribution is 6.01. The summed E-state index contributed by atoms with van der Waals surface area (Å²) >= 11 is 0. The second-order valence-electron chi connectivity index (χ2n) is 7.13. The standard InChI is InChI=1S/C22H27N3O2/c1-16-8-4-5-9-20(16)22(27)24-23-17(2)18-10-11-21(26)19(14-18)15-25-12-6-3-7-13-25/h4-5,8-11,14,26H,3,6-7,12-13,15H2,1-2H3,(H,24,27)/b23-17+. The summed E-state index contributed by atoms with van der Waals surface area (Å²) in [5, 5.41) is 14.5. The van der Waals surface area contributed by atoms with Gasteiger partial charge in [0.2, 0.25) is 0 Å². The molecule has 0 atom stereocenters. The molecule has 1 amide bonds.